The van der Waals surface area contributed by atoms with Gasteiger partial charge in [0.25, 0.3) is 11.7 Å². The molecule has 1 heterocycles. The van der Waals surface area contributed by atoms with E-state index in [1.54, 1.807) is 6.07 Å². The predicted molar refractivity (Wildman–Crippen MR) is 114 cm³/mol. The van der Waals surface area contributed by atoms with Gasteiger partial charge in [-0.25, -0.2) is 0 Å². The first kappa shape index (κ1) is 20.3. The van der Waals surface area contributed by atoms with E-state index in [0.29, 0.717) is 17.7 Å². The zero-order valence-corrected chi connectivity index (χ0v) is 18.0. The van der Waals surface area contributed by atoms with Crippen molar-refractivity contribution in [3.63, 3.8) is 0 Å². The summed E-state index contributed by atoms with van der Waals surface area (Å²) in [5.41, 5.74) is 3.39. The molecule has 1 aliphatic rings. The first-order valence-corrected chi connectivity index (χ1v) is 10.1. The average molecular weight is 443 g/mol. The molecule has 2 amide bonds. The van der Waals surface area contributed by atoms with Crippen LogP contribution in [0, 0.1) is 6.92 Å². The summed E-state index contributed by atoms with van der Waals surface area (Å²) in [4.78, 5) is 39.7. The van der Waals surface area contributed by atoms with Crippen molar-refractivity contribution in [1.82, 2.24) is 0 Å². The number of ketones is 1. The molecule has 1 aliphatic heterocycles. The third-order valence-electron chi connectivity index (χ3n) is 5.01. The fraction of sp³-hybridized carbons (Fsp3) is 0.318. The van der Waals surface area contributed by atoms with E-state index in [2.05, 4.69) is 35.1 Å². The molecule has 0 aliphatic carbocycles. The van der Waals surface area contributed by atoms with Crippen molar-refractivity contribution >= 4 is 44.9 Å². The third kappa shape index (κ3) is 3.49. The second kappa shape index (κ2) is 7.87. The Bertz CT molecular complexity index is 968. The molecule has 1 unspecified atom stereocenters. The van der Waals surface area contributed by atoms with Crippen LogP contribution in [0.5, 0.6) is 0 Å². The predicted octanol–water partition coefficient (Wildman–Crippen LogP) is 4.83. The second-order valence-corrected chi connectivity index (χ2v) is 8.19. The number of hydrogen-bond donors (Lipinski definition) is 1. The highest BCUT2D eigenvalue weighted by Gasteiger charge is 2.43. The van der Waals surface area contributed by atoms with Gasteiger partial charge in [0.1, 0.15) is 6.04 Å². The van der Waals surface area contributed by atoms with E-state index in [-0.39, 0.29) is 11.8 Å². The second-order valence-electron chi connectivity index (χ2n) is 7.28. The maximum atomic E-state index is 13.1. The van der Waals surface area contributed by atoms with Crippen molar-refractivity contribution in [2.75, 3.05) is 10.2 Å². The van der Waals surface area contributed by atoms with E-state index in [9.17, 15) is 14.4 Å². The molecule has 146 valence electrons. The topological polar surface area (TPSA) is 66.5 Å². The molecular weight excluding hydrogens is 420 g/mol. The molecule has 28 heavy (non-hydrogen) atoms. The Morgan fingerprint density at radius 1 is 1.18 bits per heavy atom. The Labute approximate surface area is 173 Å². The number of para-hydroxylation sites is 1. The normalized spacial score (nSPS) is 14.4. The van der Waals surface area contributed by atoms with Crippen molar-refractivity contribution in [2.45, 2.75) is 46.1 Å². The molecule has 0 saturated heterocycles. The maximum absolute atomic E-state index is 13.1. The van der Waals surface area contributed by atoms with E-state index in [1.807, 2.05) is 44.2 Å². The summed E-state index contributed by atoms with van der Waals surface area (Å²) >= 11 is 3.37. The van der Waals surface area contributed by atoms with E-state index in [4.69, 9.17) is 0 Å². The Hall–Kier alpha value is -2.47. The van der Waals surface area contributed by atoms with Crippen LogP contribution in [0.25, 0.3) is 0 Å². The number of hydrogen-bond acceptors (Lipinski definition) is 3. The van der Waals surface area contributed by atoms with Gasteiger partial charge in [0.05, 0.1) is 11.3 Å². The number of nitrogens with one attached hydrogen (secondary N) is 1. The molecule has 1 N–H and O–H groups in total. The largest absolute Gasteiger partial charge is 0.324 e. The van der Waals surface area contributed by atoms with Gasteiger partial charge < -0.3 is 5.32 Å². The first-order chi connectivity index (χ1) is 13.3. The summed E-state index contributed by atoms with van der Waals surface area (Å²) < 4.78 is 0.732. The lowest BCUT2D eigenvalue weighted by Crippen LogP contribution is -2.47. The van der Waals surface area contributed by atoms with Gasteiger partial charge in [0.15, 0.2) is 0 Å². The number of benzene rings is 2. The van der Waals surface area contributed by atoms with Crippen molar-refractivity contribution in [1.29, 1.82) is 0 Å². The molecule has 2 aromatic carbocycles. The van der Waals surface area contributed by atoms with Gasteiger partial charge in [-0.05, 0) is 48.6 Å². The maximum Gasteiger partial charge on any atom is 0.300 e. The van der Waals surface area contributed by atoms with Gasteiger partial charge in [-0.15, -0.1) is 0 Å². The number of carbonyl (C=O) groups excluding carboxylic acids is 3. The molecule has 5 nitrogen and oxygen atoms in total. The number of anilines is 2. The standard InChI is InChI=1S/C22H23BrN2O3/c1-5-18(21(27)24-17-9-7-6-8-15(17)12(2)3)25-19-13(4)10-14(23)11-16(19)20(26)22(25)28/h6-12,18H,5H2,1-4H3,(H,24,27). The van der Waals surface area contributed by atoms with E-state index >= 15 is 0 Å². The molecule has 0 saturated carbocycles. The van der Waals surface area contributed by atoms with Gasteiger partial charge in [0, 0.05) is 10.2 Å². The number of halogens is 1. The number of fused-ring (bicyclic) bond motifs is 1. The lowest BCUT2D eigenvalue weighted by Gasteiger charge is -2.28. The van der Waals surface area contributed by atoms with Crippen LogP contribution in [0.2, 0.25) is 0 Å². The summed E-state index contributed by atoms with van der Waals surface area (Å²) in [6.45, 7) is 7.79. The molecule has 0 radical (unpaired) electrons. The summed E-state index contributed by atoms with van der Waals surface area (Å²) in [5, 5.41) is 2.96. The molecule has 0 fully saturated rings. The Kier molecular flexibility index (Phi) is 5.70. The minimum atomic E-state index is -0.766. The van der Waals surface area contributed by atoms with Gasteiger partial charge in [-0.3, -0.25) is 19.3 Å². The molecule has 1 atom stereocenters. The minimum Gasteiger partial charge on any atom is -0.324 e. The van der Waals surface area contributed by atoms with Crippen LogP contribution in [0.1, 0.15) is 54.6 Å². The van der Waals surface area contributed by atoms with E-state index < -0.39 is 17.7 Å². The molecular formula is C22H23BrN2O3. The number of carbonyl (C=O) groups is 3. The number of aryl methyl sites for hydroxylation is 1. The van der Waals surface area contributed by atoms with Crippen LogP contribution in [-0.4, -0.2) is 23.6 Å². The molecule has 6 heteroatoms. The fourth-order valence-corrected chi connectivity index (χ4v) is 4.24. The van der Waals surface area contributed by atoms with Gasteiger partial charge in [-0.2, -0.15) is 0 Å². The monoisotopic (exact) mass is 442 g/mol. The van der Waals surface area contributed by atoms with Crippen LogP contribution < -0.4 is 10.2 Å². The molecule has 2 aromatic rings. The summed E-state index contributed by atoms with van der Waals surface area (Å²) in [7, 11) is 0. The highest BCUT2D eigenvalue weighted by molar-refractivity contribution is 9.10. The van der Waals surface area contributed by atoms with Crippen molar-refractivity contribution in [2.24, 2.45) is 0 Å². The summed E-state index contributed by atoms with van der Waals surface area (Å²) in [5.74, 6) is -1.29. The number of nitrogens with zero attached hydrogens (tertiary/aromatic N) is 1. The van der Waals surface area contributed by atoms with Crippen LogP contribution in [0.4, 0.5) is 11.4 Å². The lowest BCUT2D eigenvalue weighted by atomic mass is 10.0. The Morgan fingerprint density at radius 2 is 1.86 bits per heavy atom. The Morgan fingerprint density at radius 3 is 2.50 bits per heavy atom. The van der Waals surface area contributed by atoms with Gasteiger partial charge in [0.2, 0.25) is 5.91 Å². The highest BCUT2D eigenvalue weighted by atomic mass is 79.9. The number of Topliss-reactive ketones (excluding diaryl/α,β-unsaturated/α-hetero) is 1. The van der Waals surface area contributed by atoms with Gasteiger partial charge in [-0.1, -0.05) is 54.9 Å². The van der Waals surface area contributed by atoms with Crippen molar-refractivity contribution < 1.29 is 14.4 Å². The molecule has 0 spiro atoms. The van der Waals surface area contributed by atoms with Crippen LogP contribution in [-0.2, 0) is 9.59 Å². The van der Waals surface area contributed by atoms with Gasteiger partial charge >= 0.3 is 0 Å². The lowest BCUT2D eigenvalue weighted by molar-refractivity contribution is -0.121. The summed E-state index contributed by atoms with van der Waals surface area (Å²) in [6.07, 6.45) is 0.393. The smallest absolute Gasteiger partial charge is 0.300 e. The van der Waals surface area contributed by atoms with Crippen molar-refractivity contribution in [3.05, 3.63) is 57.6 Å². The SMILES string of the molecule is CCC(C(=O)Nc1ccccc1C(C)C)N1C(=O)C(=O)c2cc(Br)cc(C)c21. The average Bonchev–Trinajstić information content (AvgIpc) is 2.88. The zero-order valence-electron chi connectivity index (χ0n) is 16.4. The molecule has 3 rings (SSSR count). The molecule has 0 aromatic heterocycles. The third-order valence-corrected chi connectivity index (χ3v) is 5.46. The van der Waals surface area contributed by atoms with E-state index in [1.165, 1.54) is 4.90 Å². The summed E-state index contributed by atoms with van der Waals surface area (Å²) in [6, 6.07) is 10.3. The quantitative estimate of drug-likeness (QED) is 0.674. The highest BCUT2D eigenvalue weighted by Crippen LogP contribution is 2.37. The minimum absolute atomic E-state index is 0.242. The number of amides is 2. The molecule has 0 bridgehead atoms. The van der Waals surface area contributed by atoms with Crippen LogP contribution in [0.3, 0.4) is 0 Å². The Balaban J connectivity index is 1.98. The van der Waals surface area contributed by atoms with Crippen molar-refractivity contribution in [3.8, 4) is 0 Å². The first-order valence-electron chi connectivity index (χ1n) is 9.34. The number of rotatable bonds is 5. The zero-order chi connectivity index (χ0) is 20.6. The van der Waals surface area contributed by atoms with Crippen LogP contribution in [0.15, 0.2) is 40.9 Å². The van der Waals surface area contributed by atoms with E-state index in [0.717, 1.165) is 21.3 Å². The van der Waals surface area contributed by atoms with Crippen LogP contribution >= 0.6 is 15.9 Å². The fourth-order valence-electron chi connectivity index (χ4n) is 3.67.